The molecule has 1 heterocycles. The lowest BCUT2D eigenvalue weighted by Gasteiger charge is -2.23. The van der Waals surface area contributed by atoms with Crippen LogP contribution in [-0.4, -0.2) is 48.7 Å². The molecule has 0 bridgehead atoms. The molecule has 5 nitrogen and oxygen atoms in total. The summed E-state index contributed by atoms with van der Waals surface area (Å²) in [7, 11) is 1.45. The van der Waals surface area contributed by atoms with E-state index in [1.165, 1.54) is 25.7 Å². The Hall–Kier alpha value is -1.17. The van der Waals surface area contributed by atoms with Gasteiger partial charge in [-0.15, -0.1) is 12.4 Å². The largest absolute Gasteiger partial charge is 0.506 e. The summed E-state index contributed by atoms with van der Waals surface area (Å²) in [6.07, 6.45) is 2.27. The number of phenols is 1. The SMILES string of the molecule is CCN1CCCC1CNC(=O)c1cc(Cl)c(O)cc1OC.Cl. The number of nitrogens with zero attached hydrogens (tertiary/aromatic N) is 1. The van der Waals surface area contributed by atoms with E-state index < -0.39 is 0 Å². The van der Waals surface area contributed by atoms with E-state index in [9.17, 15) is 9.90 Å². The average Bonchev–Trinajstić information content (AvgIpc) is 2.94. The van der Waals surface area contributed by atoms with Gasteiger partial charge in [0.2, 0.25) is 0 Å². The highest BCUT2D eigenvalue weighted by molar-refractivity contribution is 6.32. The number of amides is 1. The van der Waals surface area contributed by atoms with Crippen molar-refractivity contribution in [2.24, 2.45) is 0 Å². The molecule has 0 aromatic heterocycles. The maximum absolute atomic E-state index is 12.3. The molecule has 1 aromatic carbocycles. The van der Waals surface area contributed by atoms with Crippen molar-refractivity contribution in [1.82, 2.24) is 10.2 Å². The van der Waals surface area contributed by atoms with Crippen molar-refractivity contribution in [3.05, 3.63) is 22.7 Å². The fraction of sp³-hybridized carbons (Fsp3) is 0.533. The van der Waals surface area contributed by atoms with Gasteiger partial charge in [-0.3, -0.25) is 9.69 Å². The minimum atomic E-state index is -0.239. The predicted octanol–water partition coefficient (Wildman–Crippen LogP) is 2.69. The summed E-state index contributed by atoms with van der Waals surface area (Å²) in [5.74, 6) is -0.0251. The summed E-state index contributed by atoms with van der Waals surface area (Å²) in [5, 5.41) is 12.6. The number of halogens is 2. The van der Waals surface area contributed by atoms with Crippen LogP contribution in [0.15, 0.2) is 12.1 Å². The number of phenolic OH excluding ortho intramolecular Hbond substituents is 1. The van der Waals surface area contributed by atoms with Crippen LogP contribution in [0.5, 0.6) is 11.5 Å². The monoisotopic (exact) mass is 348 g/mol. The number of ether oxygens (including phenoxy) is 1. The molecule has 7 heteroatoms. The lowest BCUT2D eigenvalue weighted by atomic mass is 10.1. The third kappa shape index (κ3) is 4.18. The number of nitrogens with one attached hydrogen (secondary N) is 1. The maximum Gasteiger partial charge on any atom is 0.255 e. The van der Waals surface area contributed by atoms with Gasteiger partial charge in [-0.05, 0) is 32.0 Å². The molecule has 124 valence electrons. The number of aromatic hydroxyl groups is 1. The second-order valence-electron chi connectivity index (χ2n) is 5.14. The zero-order chi connectivity index (χ0) is 15.4. The van der Waals surface area contributed by atoms with Gasteiger partial charge in [0.1, 0.15) is 11.5 Å². The molecule has 2 N–H and O–H groups in total. The van der Waals surface area contributed by atoms with Crippen LogP contribution in [0.1, 0.15) is 30.1 Å². The number of hydrogen-bond acceptors (Lipinski definition) is 4. The molecular formula is C15H22Cl2N2O3. The molecule has 1 unspecified atom stereocenters. The normalized spacial score (nSPS) is 17.9. The summed E-state index contributed by atoms with van der Waals surface area (Å²) in [5.41, 5.74) is 0.335. The Morgan fingerprint density at radius 1 is 1.55 bits per heavy atom. The summed E-state index contributed by atoms with van der Waals surface area (Å²) in [6, 6.07) is 3.17. The number of likely N-dealkylation sites (tertiary alicyclic amines) is 1. The first-order valence-corrected chi connectivity index (χ1v) is 7.53. The van der Waals surface area contributed by atoms with Crippen LogP contribution in [0.4, 0.5) is 0 Å². The van der Waals surface area contributed by atoms with Gasteiger partial charge in [-0.1, -0.05) is 18.5 Å². The van der Waals surface area contributed by atoms with Crippen LogP contribution in [0.3, 0.4) is 0 Å². The van der Waals surface area contributed by atoms with Crippen LogP contribution in [0.2, 0.25) is 5.02 Å². The van der Waals surface area contributed by atoms with Crippen molar-refractivity contribution in [3.8, 4) is 11.5 Å². The highest BCUT2D eigenvalue weighted by Crippen LogP contribution is 2.31. The Bertz CT molecular complexity index is 526. The first kappa shape index (κ1) is 18.9. The van der Waals surface area contributed by atoms with Crippen molar-refractivity contribution in [3.63, 3.8) is 0 Å². The van der Waals surface area contributed by atoms with E-state index in [1.807, 2.05) is 0 Å². The first-order chi connectivity index (χ1) is 10.1. The van der Waals surface area contributed by atoms with Crippen LogP contribution < -0.4 is 10.1 Å². The summed E-state index contributed by atoms with van der Waals surface area (Å²) in [4.78, 5) is 14.7. The van der Waals surface area contributed by atoms with Crippen LogP contribution in [-0.2, 0) is 0 Å². The average molecular weight is 349 g/mol. The highest BCUT2D eigenvalue weighted by atomic mass is 35.5. The third-order valence-electron chi connectivity index (χ3n) is 3.92. The van der Waals surface area contributed by atoms with Crippen LogP contribution >= 0.6 is 24.0 Å². The topological polar surface area (TPSA) is 61.8 Å². The van der Waals surface area contributed by atoms with Gasteiger partial charge in [-0.2, -0.15) is 0 Å². The number of benzene rings is 1. The fourth-order valence-corrected chi connectivity index (χ4v) is 2.90. The molecule has 0 aliphatic carbocycles. The lowest BCUT2D eigenvalue weighted by molar-refractivity contribution is 0.0938. The number of likely N-dealkylation sites (N-methyl/N-ethyl adjacent to an activating group) is 1. The molecule has 2 rings (SSSR count). The van der Waals surface area contributed by atoms with E-state index in [4.69, 9.17) is 16.3 Å². The predicted molar refractivity (Wildman–Crippen MR) is 89.5 cm³/mol. The zero-order valence-electron chi connectivity index (χ0n) is 12.8. The van der Waals surface area contributed by atoms with Crippen LogP contribution in [0.25, 0.3) is 0 Å². The van der Waals surface area contributed by atoms with E-state index in [0.29, 0.717) is 23.9 Å². The van der Waals surface area contributed by atoms with Gasteiger partial charge >= 0.3 is 0 Å². The second-order valence-corrected chi connectivity index (χ2v) is 5.55. The third-order valence-corrected chi connectivity index (χ3v) is 4.22. The molecule has 22 heavy (non-hydrogen) atoms. The first-order valence-electron chi connectivity index (χ1n) is 7.15. The molecule has 0 radical (unpaired) electrons. The van der Waals surface area contributed by atoms with Crippen molar-refractivity contribution in [2.45, 2.75) is 25.8 Å². The Balaban J connectivity index is 0.00000242. The Morgan fingerprint density at radius 3 is 2.91 bits per heavy atom. The minimum Gasteiger partial charge on any atom is -0.506 e. The standard InChI is InChI=1S/C15H21ClN2O3.ClH/c1-3-18-6-4-5-10(18)9-17-15(20)11-7-12(16)13(19)8-14(11)21-2;/h7-8,10,19H,3-6,9H2,1-2H3,(H,17,20);1H. The summed E-state index contributed by atoms with van der Waals surface area (Å²) < 4.78 is 5.13. The number of methoxy groups -OCH3 is 1. The van der Waals surface area contributed by atoms with Gasteiger partial charge < -0.3 is 15.2 Å². The quantitative estimate of drug-likeness (QED) is 0.858. The minimum absolute atomic E-state index is 0. The number of carbonyl (C=O) groups is 1. The van der Waals surface area contributed by atoms with Gasteiger partial charge in [0.15, 0.2) is 0 Å². The van der Waals surface area contributed by atoms with Crippen molar-refractivity contribution >= 4 is 29.9 Å². The molecule has 0 saturated carbocycles. The number of hydrogen-bond donors (Lipinski definition) is 2. The molecule has 1 aliphatic heterocycles. The fourth-order valence-electron chi connectivity index (χ4n) is 2.74. The van der Waals surface area contributed by atoms with Crippen molar-refractivity contribution in [2.75, 3.05) is 26.7 Å². The second kappa shape index (κ2) is 8.46. The maximum atomic E-state index is 12.3. The molecular weight excluding hydrogens is 327 g/mol. The molecule has 1 aromatic rings. The lowest BCUT2D eigenvalue weighted by Crippen LogP contribution is -2.40. The zero-order valence-corrected chi connectivity index (χ0v) is 14.3. The van der Waals surface area contributed by atoms with Crippen LogP contribution in [0, 0.1) is 0 Å². The van der Waals surface area contributed by atoms with Crippen molar-refractivity contribution < 1.29 is 14.6 Å². The summed E-state index contributed by atoms with van der Waals surface area (Å²) in [6.45, 7) is 4.82. The van der Waals surface area contributed by atoms with Gasteiger partial charge in [0.05, 0.1) is 17.7 Å². The van der Waals surface area contributed by atoms with Gasteiger partial charge in [0, 0.05) is 18.7 Å². The van der Waals surface area contributed by atoms with E-state index in [1.54, 1.807) is 0 Å². The Morgan fingerprint density at radius 2 is 2.27 bits per heavy atom. The molecule has 1 saturated heterocycles. The van der Waals surface area contributed by atoms with Gasteiger partial charge in [-0.25, -0.2) is 0 Å². The van der Waals surface area contributed by atoms with Gasteiger partial charge in [0.25, 0.3) is 5.91 Å². The van der Waals surface area contributed by atoms with E-state index in [0.717, 1.165) is 19.5 Å². The van der Waals surface area contributed by atoms with E-state index in [-0.39, 0.29) is 29.1 Å². The highest BCUT2D eigenvalue weighted by Gasteiger charge is 2.24. The number of rotatable bonds is 5. The Kier molecular flexibility index (Phi) is 7.26. The van der Waals surface area contributed by atoms with E-state index in [2.05, 4.69) is 17.1 Å². The van der Waals surface area contributed by atoms with Crippen molar-refractivity contribution in [1.29, 1.82) is 0 Å². The Labute approximate surface area is 142 Å². The van der Waals surface area contributed by atoms with E-state index >= 15 is 0 Å². The molecule has 1 amide bonds. The summed E-state index contributed by atoms with van der Waals surface area (Å²) >= 11 is 5.87. The molecule has 1 fully saturated rings. The molecule has 1 aliphatic rings. The smallest absolute Gasteiger partial charge is 0.255 e. The molecule has 0 spiro atoms. The molecule has 1 atom stereocenters. The number of carbonyl (C=O) groups excluding carboxylic acids is 1.